The molecule has 0 aromatic carbocycles. The van der Waals surface area contributed by atoms with E-state index < -0.39 is 151 Å². The van der Waals surface area contributed by atoms with Gasteiger partial charge in [0.15, 0.2) is 0 Å². The van der Waals surface area contributed by atoms with Gasteiger partial charge < -0.3 is 91.5 Å². The van der Waals surface area contributed by atoms with Gasteiger partial charge in [0.1, 0.15) is 74.1 Å². The number of hydrogen-bond donors (Lipinski definition) is 16. The Labute approximate surface area is 544 Å². The van der Waals surface area contributed by atoms with Crippen molar-refractivity contribution in [3.05, 3.63) is 0 Å². The predicted octanol–water partition coefficient (Wildman–Crippen LogP) is -1.04. The van der Waals surface area contributed by atoms with E-state index >= 15 is 0 Å². The van der Waals surface area contributed by atoms with Crippen LogP contribution in [0.3, 0.4) is 0 Å². The van der Waals surface area contributed by atoms with Gasteiger partial charge in [0.25, 0.3) is 0 Å². The molecule has 12 amide bonds. The number of amides is 12. The third-order valence-corrected chi connectivity index (χ3v) is 14.7. The molecule has 30 heteroatoms. The normalized spacial score (nSPS) is 13.9. The zero-order valence-electron chi connectivity index (χ0n) is 58.6. The van der Waals surface area contributed by atoms with Crippen LogP contribution >= 0.6 is 0 Å². The molecule has 4 atom stereocenters. The van der Waals surface area contributed by atoms with Crippen LogP contribution in [0.4, 0.5) is 0 Å². The molecule has 0 aliphatic carbocycles. The van der Waals surface area contributed by atoms with Crippen LogP contribution in [0, 0.1) is 0 Å². The Kier molecular flexibility index (Phi) is 33.1. The lowest BCUT2D eigenvalue weighted by Gasteiger charge is -2.36. The predicted molar refractivity (Wildman–Crippen MR) is 349 cm³/mol. The summed E-state index contributed by atoms with van der Waals surface area (Å²) >= 11 is 0. The third-order valence-electron chi connectivity index (χ3n) is 14.7. The van der Waals surface area contributed by atoms with Gasteiger partial charge in [-0.15, -0.1) is 0 Å². The van der Waals surface area contributed by atoms with Crippen LogP contribution in [-0.4, -0.2) is 177 Å². The summed E-state index contributed by atoms with van der Waals surface area (Å²) in [5.41, 5.74) is 8.62. The molecule has 0 saturated carbocycles. The van der Waals surface area contributed by atoms with Crippen molar-refractivity contribution in [2.24, 2.45) is 22.9 Å². The number of carbonyl (C=O) groups excluding carboxylic acids is 13. The Bertz CT molecular complexity index is 2590. The van der Waals surface area contributed by atoms with Gasteiger partial charge in [0, 0.05) is 6.92 Å². The highest BCUT2D eigenvalue weighted by molar-refractivity contribution is 6.03. The van der Waals surface area contributed by atoms with Crippen molar-refractivity contribution in [1.82, 2.24) is 63.8 Å². The van der Waals surface area contributed by atoms with Crippen molar-refractivity contribution in [3.63, 3.8) is 0 Å². The minimum absolute atomic E-state index is 0.0297. The summed E-state index contributed by atoms with van der Waals surface area (Å²) in [6, 6.07) is -4.76. The maximum absolute atomic E-state index is 14.2. The fourth-order valence-corrected chi connectivity index (χ4v) is 8.50. The fraction of sp³-hybridized carbons (Fsp3) is 0.790. The first kappa shape index (κ1) is 85.0. The zero-order chi connectivity index (χ0) is 71.8. The summed E-state index contributed by atoms with van der Waals surface area (Å²) in [6.07, 6.45) is 4.06. The summed E-state index contributed by atoms with van der Waals surface area (Å²) < 4.78 is 5.45. The van der Waals surface area contributed by atoms with Crippen molar-refractivity contribution in [2.45, 2.75) is 290 Å². The monoisotopic (exact) mass is 1310 g/mol. The molecule has 0 bridgehead atoms. The molecule has 0 aliphatic heterocycles. The topological polar surface area (TPSA) is 480 Å². The molecule has 0 aromatic heterocycles. The van der Waals surface area contributed by atoms with E-state index in [0.29, 0.717) is 57.9 Å². The SMILES string of the molecule is CC(=O)N[C@@H](CCCCN)C(=O)NC(C)(C)C(=O)NC(C)(C)C(=O)N[C@@H](CCCCN)C(=O)NC(C)(C)C(=O)NC(C)(C)C(=O)N[C@@H](CCCCN)C(=O)NC(C)(C)C(=O)NC(C)(C)C(=O)N[C@@H](CCCCN)C(=O)NC(C)(C)C(=O)NC(C)(C)C(=O)OC(C)(C)C. The molecule has 0 aliphatic rings. The van der Waals surface area contributed by atoms with E-state index in [1.165, 1.54) is 118 Å². The van der Waals surface area contributed by atoms with Crippen molar-refractivity contribution in [2.75, 3.05) is 26.2 Å². The van der Waals surface area contributed by atoms with Gasteiger partial charge in [0.2, 0.25) is 70.9 Å². The van der Waals surface area contributed by atoms with Gasteiger partial charge in [-0.25, -0.2) is 4.79 Å². The van der Waals surface area contributed by atoms with E-state index in [4.69, 9.17) is 27.7 Å². The van der Waals surface area contributed by atoms with Gasteiger partial charge in [-0.3, -0.25) is 57.5 Å². The van der Waals surface area contributed by atoms with E-state index in [0.717, 1.165) is 0 Å². The lowest BCUT2D eigenvalue weighted by molar-refractivity contribution is -0.163. The Balaban J connectivity index is 6.39. The minimum atomic E-state index is -1.77. The van der Waals surface area contributed by atoms with Gasteiger partial charge in [-0.1, -0.05) is 0 Å². The Hall–Kier alpha value is -7.05. The van der Waals surface area contributed by atoms with Crippen molar-refractivity contribution in [3.8, 4) is 0 Å². The Morgan fingerprint density at radius 3 is 0.674 bits per heavy atom. The van der Waals surface area contributed by atoms with E-state index in [-0.39, 0.29) is 45.3 Å². The van der Waals surface area contributed by atoms with E-state index in [1.807, 2.05) is 0 Å². The third kappa shape index (κ3) is 29.3. The molecule has 0 rings (SSSR count). The summed E-state index contributed by atoms with van der Waals surface area (Å²) in [5, 5.41) is 31.7. The summed E-state index contributed by atoms with van der Waals surface area (Å²) in [4.78, 5) is 178. The first-order valence-corrected chi connectivity index (χ1v) is 31.6. The van der Waals surface area contributed by atoms with Crippen LogP contribution in [0.1, 0.15) is 216 Å². The number of esters is 1. The van der Waals surface area contributed by atoms with Gasteiger partial charge in [-0.2, -0.15) is 0 Å². The number of rotatable bonds is 40. The van der Waals surface area contributed by atoms with Crippen LogP contribution < -0.4 is 86.7 Å². The summed E-state index contributed by atoms with van der Waals surface area (Å²) in [7, 11) is 0. The molecule has 0 radical (unpaired) electrons. The standard InChI is InChI=1S/C62H116N16O14/c1-37(79)67-38(29-21-25-33-63)42(80)71-58(11,12)49(87)75-55(5,6)46(84)68-39(30-22-26-34-64)43(81)72-59(13,14)50(88)76-56(7,8)47(85)69-40(31-23-27-35-65)44(82)73-60(15,16)51(89)77-57(9,10)48(86)70-41(32-24-28-36-66)45(83)74-61(17,18)52(90)78-62(19,20)53(91)92-54(2,3)4/h38-41H,21-36,63-66H2,1-20H3,(H,67,79)(H,68,84)(H,69,85)(H,70,86)(H,71,80)(H,72,81)(H,73,82)(H,74,83)(H,75,87)(H,76,88)(H,77,89)(H,78,90)/t38-,39-,40-,41-/m0/s1. The van der Waals surface area contributed by atoms with E-state index in [9.17, 15) is 62.3 Å². The lowest BCUT2D eigenvalue weighted by atomic mass is 9.95. The molecule has 0 heterocycles. The largest absolute Gasteiger partial charge is 0.458 e. The molecule has 30 nitrogen and oxygen atoms in total. The van der Waals surface area contributed by atoms with Crippen LogP contribution in [0.5, 0.6) is 0 Å². The zero-order valence-corrected chi connectivity index (χ0v) is 58.6. The van der Waals surface area contributed by atoms with Crippen LogP contribution in [0.2, 0.25) is 0 Å². The molecule has 20 N–H and O–H groups in total. The Morgan fingerprint density at radius 1 is 0.283 bits per heavy atom. The number of hydrogen-bond acceptors (Lipinski definition) is 18. The van der Waals surface area contributed by atoms with Crippen molar-refractivity contribution >= 4 is 76.9 Å². The Morgan fingerprint density at radius 2 is 0.478 bits per heavy atom. The highest BCUT2D eigenvalue weighted by Gasteiger charge is 2.45. The maximum atomic E-state index is 14.2. The fourth-order valence-electron chi connectivity index (χ4n) is 8.50. The molecule has 92 heavy (non-hydrogen) atoms. The minimum Gasteiger partial charge on any atom is -0.458 e. The molecule has 0 unspecified atom stereocenters. The smallest absolute Gasteiger partial charge is 0.331 e. The first-order chi connectivity index (χ1) is 41.8. The molecule has 0 fully saturated rings. The number of nitrogens with one attached hydrogen (secondary N) is 12. The molecule has 0 saturated heterocycles. The second-order valence-electron chi connectivity index (χ2n) is 28.7. The number of ether oxygens (including phenoxy) is 1. The first-order valence-electron chi connectivity index (χ1n) is 31.6. The molecular weight excluding hydrogens is 1190 g/mol. The van der Waals surface area contributed by atoms with Gasteiger partial charge in [0.05, 0.1) is 0 Å². The lowest BCUT2D eigenvalue weighted by Crippen LogP contribution is -2.67. The second-order valence-corrected chi connectivity index (χ2v) is 28.7. The molecule has 528 valence electrons. The molecular formula is C62H116N16O14. The molecule has 0 spiro atoms. The summed E-state index contributed by atoms with van der Waals surface area (Å²) in [6.45, 7) is 29.8. The van der Waals surface area contributed by atoms with Gasteiger partial charge >= 0.3 is 5.97 Å². The van der Waals surface area contributed by atoms with Crippen LogP contribution in [0.25, 0.3) is 0 Å². The number of nitrogens with two attached hydrogens (primary N) is 4. The van der Waals surface area contributed by atoms with E-state index in [2.05, 4.69) is 63.8 Å². The van der Waals surface area contributed by atoms with Gasteiger partial charge in [-0.05, 0) is 235 Å². The average Bonchev–Trinajstić information content (AvgIpc) is 0.844. The van der Waals surface area contributed by atoms with Crippen molar-refractivity contribution in [1.29, 1.82) is 0 Å². The second kappa shape index (κ2) is 35.8. The summed E-state index contributed by atoms with van der Waals surface area (Å²) in [5.74, 6) is -9.74. The van der Waals surface area contributed by atoms with Crippen molar-refractivity contribution < 1.29 is 67.1 Å². The quantitative estimate of drug-likeness (QED) is 0.0257. The van der Waals surface area contributed by atoms with E-state index in [1.54, 1.807) is 20.8 Å². The average molecular weight is 1310 g/mol. The highest BCUT2D eigenvalue weighted by atomic mass is 16.6. The number of carbonyl (C=O) groups is 13. The van der Waals surface area contributed by atoms with Crippen LogP contribution in [0.15, 0.2) is 0 Å². The highest BCUT2D eigenvalue weighted by Crippen LogP contribution is 2.19. The number of unbranched alkanes of at least 4 members (excludes halogenated alkanes) is 4. The van der Waals surface area contributed by atoms with Crippen LogP contribution in [-0.2, 0) is 67.1 Å². The maximum Gasteiger partial charge on any atom is 0.331 e. The molecule has 0 aromatic rings.